The van der Waals surface area contributed by atoms with E-state index in [1.54, 1.807) is 0 Å². The molecule has 0 radical (unpaired) electrons. The molecular weight excluding hydrogens is 394 g/mol. The van der Waals surface area contributed by atoms with Crippen LogP contribution in [-0.2, 0) is 0 Å². The van der Waals surface area contributed by atoms with Gasteiger partial charge >= 0.3 is 0 Å². The van der Waals surface area contributed by atoms with Crippen molar-refractivity contribution in [1.29, 1.82) is 5.26 Å². The number of aliphatic hydroxyl groups is 1. The number of aliphatic hydroxyl groups excluding tert-OH is 1. The number of fused-ring (bicyclic) bond motifs is 1. The molecule has 0 amide bonds. The van der Waals surface area contributed by atoms with Crippen LogP contribution in [0.4, 0.5) is 5.69 Å². The van der Waals surface area contributed by atoms with Gasteiger partial charge in [0.2, 0.25) is 0 Å². The fraction of sp³-hybridized carbons (Fsp3) is 0.375. The zero-order valence-electron chi connectivity index (χ0n) is 17.3. The number of hydrogen-bond acceptors (Lipinski definition) is 5. The molecule has 1 saturated carbocycles. The van der Waals surface area contributed by atoms with Crippen molar-refractivity contribution in [2.75, 3.05) is 24.7 Å². The van der Waals surface area contributed by atoms with Crippen LogP contribution >= 0.6 is 12.6 Å². The average Bonchev–Trinajstić information content (AvgIpc) is 3.05. The number of nitriles is 1. The molecule has 1 fully saturated rings. The van der Waals surface area contributed by atoms with Gasteiger partial charge in [0.05, 0.1) is 23.4 Å². The summed E-state index contributed by atoms with van der Waals surface area (Å²) in [6.07, 6.45) is 4.61. The topological polar surface area (TPSA) is 84.2 Å². The molecule has 0 aliphatic heterocycles. The average molecular weight is 424 g/mol. The van der Waals surface area contributed by atoms with E-state index in [1.165, 1.54) is 12.8 Å². The smallest absolute Gasteiger partial charge is 0.121 e. The SMILES string of the molecule is CCCS.N#Cc1c(-c2ccc(N)cc2)n(C2CCC2)c2cc(OCCO)ccc12. The first-order chi connectivity index (χ1) is 14.6. The number of hydrogen-bond donors (Lipinski definition) is 3. The number of rotatable bonds is 6. The lowest BCUT2D eigenvalue weighted by Crippen LogP contribution is -2.17. The van der Waals surface area contributed by atoms with Gasteiger partial charge in [-0.3, -0.25) is 0 Å². The Hall–Kier alpha value is -2.62. The molecule has 1 heterocycles. The van der Waals surface area contributed by atoms with E-state index in [2.05, 4.69) is 30.2 Å². The number of nitrogens with zero attached hydrogens (tertiary/aromatic N) is 2. The summed E-state index contributed by atoms with van der Waals surface area (Å²) in [7, 11) is 0. The molecule has 0 saturated heterocycles. The minimum absolute atomic E-state index is 0.0260. The highest BCUT2D eigenvalue weighted by atomic mass is 32.1. The van der Waals surface area contributed by atoms with Gasteiger partial charge in [0, 0.05) is 23.2 Å². The van der Waals surface area contributed by atoms with E-state index in [0.717, 1.165) is 40.8 Å². The molecule has 3 N–H and O–H groups in total. The number of nitrogen functional groups attached to an aromatic ring is 1. The van der Waals surface area contributed by atoms with Crippen molar-refractivity contribution in [3.8, 4) is 23.1 Å². The third kappa shape index (κ3) is 4.58. The second-order valence-electron chi connectivity index (χ2n) is 7.39. The highest BCUT2D eigenvalue weighted by Crippen LogP contribution is 2.43. The molecule has 1 aliphatic rings. The van der Waals surface area contributed by atoms with E-state index in [1.807, 2.05) is 42.5 Å². The number of anilines is 1. The van der Waals surface area contributed by atoms with Crippen molar-refractivity contribution in [2.24, 2.45) is 0 Å². The van der Waals surface area contributed by atoms with Gasteiger partial charge in [-0.2, -0.15) is 17.9 Å². The first kappa shape index (κ1) is 22.1. The molecule has 3 aromatic rings. The molecule has 2 aromatic carbocycles. The zero-order chi connectivity index (χ0) is 21.5. The molecule has 4 rings (SSSR count). The van der Waals surface area contributed by atoms with Crippen molar-refractivity contribution in [2.45, 2.75) is 38.6 Å². The molecule has 158 valence electrons. The number of thiol groups is 1. The van der Waals surface area contributed by atoms with E-state index < -0.39 is 0 Å². The van der Waals surface area contributed by atoms with E-state index >= 15 is 0 Å². The number of ether oxygens (including phenoxy) is 1. The molecular formula is C24H29N3O2S. The molecule has 0 spiro atoms. The second-order valence-corrected chi connectivity index (χ2v) is 7.83. The van der Waals surface area contributed by atoms with Gasteiger partial charge in [-0.25, -0.2) is 0 Å². The Morgan fingerprint density at radius 3 is 2.47 bits per heavy atom. The molecule has 30 heavy (non-hydrogen) atoms. The fourth-order valence-electron chi connectivity index (χ4n) is 3.61. The third-order valence-electron chi connectivity index (χ3n) is 5.30. The van der Waals surface area contributed by atoms with Crippen molar-refractivity contribution < 1.29 is 9.84 Å². The van der Waals surface area contributed by atoms with Gasteiger partial charge in [-0.15, -0.1) is 0 Å². The Morgan fingerprint density at radius 1 is 1.23 bits per heavy atom. The monoisotopic (exact) mass is 423 g/mol. The van der Waals surface area contributed by atoms with Crippen molar-refractivity contribution in [3.63, 3.8) is 0 Å². The lowest BCUT2D eigenvalue weighted by Gasteiger charge is -2.30. The summed E-state index contributed by atoms with van der Waals surface area (Å²) >= 11 is 3.92. The molecule has 5 nitrogen and oxygen atoms in total. The van der Waals surface area contributed by atoms with Gasteiger partial charge in [0.15, 0.2) is 0 Å². The highest BCUT2D eigenvalue weighted by Gasteiger charge is 2.27. The van der Waals surface area contributed by atoms with Crippen LogP contribution in [-0.4, -0.2) is 28.6 Å². The maximum Gasteiger partial charge on any atom is 0.121 e. The van der Waals surface area contributed by atoms with Crippen LogP contribution < -0.4 is 10.5 Å². The minimum atomic E-state index is -0.0260. The lowest BCUT2D eigenvalue weighted by molar-refractivity contribution is 0.201. The summed E-state index contributed by atoms with van der Waals surface area (Å²) in [6, 6.07) is 16.3. The number of nitrogens with two attached hydrogens (primary N) is 1. The maximum atomic E-state index is 9.88. The van der Waals surface area contributed by atoms with Crippen LogP contribution in [0.15, 0.2) is 42.5 Å². The Morgan fingerprint density at radius 2 is 1.93 bits per heavy atom. The van der Waals surface area contributed by atoms with Crippen molar-refractivity contribution in [1.82, 2.24) is 4.57 Å². The predicted molar refractivity (Wildman–Crippen MR) is 126 cm³/mol. The Kier molecular flexibility index (Phi) is 7.67. The zero-order valence-corrected chi connectivity index (χ0v) is 18.2. The second kappa shape index (κ2) is 10.4. The quantitative estimate of drug-likeness (QED) is 0.376. The number of aromatic nitrogens is 1. The Balaban J connectivity index is 0.000000589. The Bertz CT molecular complexity index is 1020. The minimum Gasteiger partial charge on any atom is -0.491 e. The largest absolute Gasteiger partial charge is 0.491 e. The molecule has 0 unspecified atom stereocenters. The fourth-order valence-corrected chi connectivity index (χ4v) is 3.61. The van der Waals surface area contributed by atoms with E-state index in [0.29, 0.717) is 23.0 Å². The van der Waals surface area contributed by atoms with E-state index in [9.17, 15) is 5.26 Å². The number of benzene rings is 2. The molecule has 6 heteroatoms. The van der Waals surface area contributed by atoms with Crippen LogP contribution in [0.1, 0.15) is 44.2 Å². The van der Waals surface area contributed by atoms with Crippen molar-refractivity contribution in [3.05, 3.63) is 48.0 Å². The van der Waals surface area contributed by atoms with Gasteiger partial charge < -0.3 is 20.1 Å². The van der Waals surface area contributed by atoms with Gasteiger partial charge in [0.25, 0.3) is 0 Å². The summed E-state index contributed by atoms with van der Waals surface area (Å²) in [6.45, 7) is 2.33. The van der Waals surface area contributed by atoms with Gasteiger partial charge in [-0.1, -0.05) is 19.1 Å². The molecule has 0 atom stereocenters. The Labute approximate surface area is 183 Å². The van der Waals surface area contributed by atoms with Crippen molar-refractivity contribution >= 4 is 29.2 Å². The summed E-state index contributed by atoms with van der Waals surface area (Å²) in [5, 5.41) is 19.8. The van der Waals surface area contributed by atoms with E-state index in [-0.39, 0.29) is 13.2 Å². The summed E-state index contributed by atoms with van der Waals surface area (Å²) in [5.41, 5.74) is 10.2. The standard InChI is InChI=1S/C21H21N3O2.C3H8S/c22-13-19-18-9-8-17(26-11-10-25)12-20(18)24(16-2-1-3-16)21(19)14-4-6-15(23)7-5-14;1-2-3-4/h4-9,12,16,25H,1-3,10-11,23H2;4H,2-3H2,1H3. The first-order valence-electron chi connectivity index (χ1n) is 10.4. The summed E-state index contributed by atoms with van der Waals surface area (Å²) in [4.78, 5) is 0. The molecule has 1 aromatic heterocycles. The predicted octanol–water partition coefficient (Wildman–Crippen LogP) is 5.18. The highest BCUT2D eigenvalue weighted by molar-refractivity contribution is 7.80. The van der Waals surface area contributed by atoms with Crippen LogP contribution in [0, 0.1) is 11.3 Å². The molecule has 1 aliphatic carbocycles. The normalized spacial score (nSPS) is 13.3. The summed E-state index contributed by atoms with van der Waals surface area (Å²) < 4.78 is 7.88. The van der Waals surface area contributed by atoms with Crippen LogP contribution in [0.25, 0.3) is 22.2 Å². The summed E-state index contributed by atoms with van der Waals surface area (Å²) in [5.74, 6) is 1.72. The van der Waals surface area contributed by atoms with Gasteiger partial charge in [0.1, 0.15) is 18.4 Å². The first-order valence-corrected chi connectivity index (χ1v) is 11.1. The maximum absolute atomic E-state index is 9.88. The van der Waals surface area contributed by atoms with E-state index in [4.69, 9.17) is 15.6 Å². The van der Waals surface area contributed by atoms with Crippen LogP contribution in [0.2, 0.25) is 0 Å². The third-order valence-corrected chi connectivity index (χ3v) is 5.74. The van der Waals surface area contributed by atoms with Crippen LogP contribution in [0.5, 0.6) is 5.75 Å². The van der Waals surface area contributed by atoms with Crippen LogP contribution in [0.3, 0.4) is 0 Å². The van der Waals surface area contributed by atoms with Gasteiger partial charge in [-0.05, 0) is 61.3 Å². The molecule has 0 bridgehead atoms. The lowest BCUT2D eigenvalue weighted by atomic mass is 9.92.